The molecule has 0 unspecified atom stereocenters. The molecule has 56 heavy (non-hydrogen) atoms. The summed E-state index contributed by atoms with van der Waals surface area (Å²) in [6.45, 7) is 0. The van der Waals surface area contributed by atoms with Gasteiger partial charge < -0.3 is 4.42 Å². The first-order chi connectivity index (χ1) is 27.8. The minimum absolute atomic E-state index is 0.577. The molecule has 1 spiro atoms. The van der Waals surface area contributed by atoms with Crippen LogP contribution in [0.2, 0.25) is 0 Å². The Balaban J connectivity index is 1.18. The lowest BCUT2D eigenvalue weighted by Gasteiger charge is -2.35. The lowest BCUT2D eigenvalue weighted by molar-refractivity contribution is 0.669. The van der Waals surface area contributed by atoms with Gasteiger partial charge in [-0.1, -0.05) is 170 Å². The van der Waals surface area contributed by atoms with Gasteiger partial charge in [-0.3, -0.25) is 0 Å². The fourth-order valence-corrected chi connectivity index (χ4v) is 9.60. The van der Waals surface area contributed by atoms with E-state index < -0.39 is 5.41 Å². The van der Waals surface area contributed by atoms with Crippen molar-refractivity contribution in [3.05, 3.63) is 216 Å². The number of hydrogen-bond acceptors (Lipinski definition) is 3. The van der Waals surface area contributed by atoms with Crippen molar-refractivity contribution < 1.29 is 4.42 Å². The predicted molar refractivity (Wildman–Crippen MR) is 227 cm³/mol. The molecule has 0 saturated heterocycles. The van der Waals surface area contributed by atoms with Gasteiger partial charge in [-0.2, -0.15) is 0 Å². The standard InChI is InChI=1S/C53H32N2O/c1-2-15-33(16-3-1)48-32-49(55-52(54-48)43-24-14-23-42-41-22-9-13-28-50(41)56-51(42)43)34-29-30-40-36-18-5-4-17-35(36)37-19-6-10-25-44(37)53(47(40)31-34)45-26-11-7-20-38(45)39-21-8-12-27-46(39)53/h1-32H. The first-order valence-electron chi connectivity index (χ1n) is 19.2. The first-order valence-corrected chi connectivity index (χ1v) is 19.2. The molecule has 0 fully saturated rings. The Bertz CT molecular complexity index is 3170. The molecule has 2 heterocycles. The Kier molecular flexibility index (Phi) is 6.55. The highest BCUT2D eigenvalue weighted by Gasteiger charge is 2.49. The Labute approximate surface area is 324 Å². The van der Waals surface area contributed by atoms with E-state index in [1.807, 2.05) is 18.2 Å². The van der Waals surface area contributed by atoms with E-state index in [0.717, 1.165) is 50.0 Å². The maximum absolute atomic E-state index is 6.53. The maximum Gasteiger partial charge on any atom is 0.164 e. The fraction of sp³-hybridized carbons (Fsp3) is 0.0189. The van der Waals surface area contributed by atoms with E-state index in [9.17, 15) is 0 Å². The van der Waals surface area contributed by atoms with E-state index in [-0.39, 0.29) is 0 Å². The van der Waals surface area contributed by atoms with E-state index in [2.05, 4.69) is 176 Å². The van der Waals surface area contributed by atoms with Gasteiger partial charge in [-0.15, -0.1) is 0 Å². The van der Waals surface area contributed by atoms with Crippen LogP contribution in [0.5, 0.6) is 0 Å². The van der Waals surface area contributed by atoms with Crippen molar-refractivity contribution in [2.24, 2.45) is 0 Å². The second kappa shape index (κ2) is 11.8. The summed E-state index contributed by atoms with van der Waals surface area (Å²) in [5.74, 6) is 0.628. The second-order valence-electron chi connectivity index (χ2n) is 14.8. The topological polar surface area (TPSA) is 38.9 Å². The van der Waals surface area contributed by atoms with Gasteiger partial charge in [0.05, 0.1) is 22.4 Å². The molecule has 2 aromatic heterocycles. The van der Waals surface area contributed by atoms with E-state index in [1.54, 1.807) is 0 Å². The molecule has 12 rings (SSSR count). The molecule has 0 N–H and O–H groups in total. The van der Waals surface area contributed by atoms with Gasteiger partial charge in [0.15, 0.2) is 5.82 Å². The smallest absolute Gasteiger partial charge is 0.164 e. The number of para-hydroxylation sites is 2. The summed E-state index contributed by atoms with van der Waals surface area (Å²) in [7, 11) is 0. The summed E-state index contributed by atoms with van der Waals surface area (Å²) in [5.41, 5.74) is 18.3. The van der Waals surface area contributed by atoms with Crippen molar-refractivity contribution in [3.8, 4) is 67.3 Å². The lowest BCUT2D eigenvalue weighted by Crippen LogP contribution is -2.29. The number of furan rings is 1. The van der Waals surface area contributed by atoms with Crippen molar-refractivity contribution in [1.82, 2.24) is 9.97 Å². The van der Waals surface area contributed by atoms with Crippen LogP contribution in [0, 0.1) is 0 Å². The summed E-state index contributed by atoms with van der Waals surface area (Å²) in [6, 6.07) is 69.8. The average molecular weight is 713 g/mol. The number of hydrogen-bond donors (Lipinski definition) is 0. The third-order valence-corrected chi connectivity index (χ3v) is 12.0. The van der Waals surface area contributed by atoms with Crippen LogP contribution in [0.25, 0.3) is 89.2 Å². The van der Waals surface area contributed by atoms with Crippen LogP contribution < -0.4 is 0 Å². The molecule has 0 bridgehead atoms. The number of aromatic nitrogens is 2. The van der Waals surface area contributed by atoms with Crippen molar-refractivity contribution in [2.45, 2.75) is 5.41 Å². The molecule has 2 aliphatic rings. The minimum atomic E-state index is -0.577. The van der Waals surface area contributed by atoms with Crippen LogP contribution in [0.4, 0.5) is 0 Å². The fourth-order valence-electron chi connectivity index (χ4n) is 9.60. The molecular weight excluding hydrogens is 681 g/mol. The van der Waals surface area contributed by atoms with Crippen LogP contribution in [-0.2, 0) is 5.41 Å². The zero-order valence-corrected chi connectivity index (χ0v) is 30.3. The van der Waals surface area contributed by atoms with Gasteiger partial charge in [0.2, 0.25) is 0 Å². The number of fused-ring (bicyclic) bond motifs is 15. The molecule has 3 heteroatoms. The zero-order chi connectivity index (χ0) is 36.8. The van der Waals surface area contributed by atoms with Crippen LogP contribution in [0.1, 0.15) is 22.3 Å². The Morgan fingerprint density at radius 3 is 1.52 bits per heavy atom. The third-order valence-electron chi connectivity index (χ3n) is 12.0. The number of benzene rings is 8. The molecular formula is C53H32N2O. The van der Waals surface area contributed by atoms with Crippen molar-refractivity contribution in [2.75, 3.05) is 0 Å². The molecule has 0 aliphatic heterocycles. The minimum Gasteiger partial charge on any atom is -0.455 e. The van der Waals surface area contributed by atoms with Gasteiger partial charge in [0, 0.05) is 21.9 Å². The monoisotopic (exact) mass is 712 g/mol. The normalized spacial score (nSPS) is 13.1. The summed E-state index contributed by atoms with van der Waals surface area (Å²) in [4.78, 5) is 10.7. The van der Waals surface area contributed by atoms with Crippen LogP contribution in [0.15, 0.2) is 199 Å². The van der Waals surface area contributed by atoms with E-state index in [0.29, 0.717) is 5.82 Å². The number of nitrogens with zero attached hydrogens (tertiary/aromatic N) is 2. The Morgan fingerprint density at radius 1 is 0.339 bits per heavy atom. The van der Waals surface area contributed by atoms with Gasteiger partial charge in [-0.05, 0) is 79.9 Å². The molecule has 0 radical (unpaired) electrons. The molecule has 0 saturated carbocycles. The third kappa shape index (κ3) is 4.28. The van der Waals surface area contributed by atoms with Gasteiger partial charge in [0.1, 0.15) is 11.2 Å². The summed E-state index contributed by atoms with van der Waals surface area (Å²) < 4.78 is 6.53. The largest absolute Gasteiger partial charge is 0.455 e. The summed E-state index contributed by atoms with van der Waals surface area (Å²) >= 11 is 0. The molecule has 3 nitrogen and oxygen atoms in total. The molecule has 8 aromatic carbocycles. The quantitative estimate of drug-likeness (QED) is 0.183. The maximum atomic E-state index is 6.53. The Hall–Kier alpha value is -7.36. The Morgan fingerprint density at radius 2 is 0.839 bits per heavy atom. The highest BCUT2D eigenvalue weighted by Crippen LogP contribution is 2.61. The van der Waals surface area contributed by atoms with Crippen LogP contribution in [-0.4, -0.2) is 9.97 Å². The highest BCUT2D eigenvalue weighted by molar-refractivity contribution is 6.09. The van der Waals surface area contributed by atoms with Gasteiger partial charge in [0.25, 0.3) is 0 Å². The van der Waals surface area contributed by atoms with E-state index in [4.69, 9.17) is 14.4 Å². The van der Waals surface area contributed by atoms with Crippen molar-refractivity contribution in [3.63, 3.8) is 0 Å². The highest BCUT2D eigenvalue weighted by atomic mass is 16.3. The van der Waals surface area contributed by atoms with Crippen molar-refractivity contribution >= 4 is 21.9 Å². The molecule has 2 aliphatic carbocycles. The van der Waals surface area contributed by atoms with E-state index in [1.165, 1.54) is 55.6 Å². The van der Waals surface area contributed by atoms with E-state index >= 15 is 0 Å². The first kappa shape index (κ1) is 31.0. The molecule has 260 valence electrons. The predicted octanol–water partition coefficient (Wildman–Crippen LogP) is 13.4. The summed E-state index contributed by atoms with van der Waals surface area (Å²) in [6.07, 6.45) is 0. The SMILES string of the molecule is c1ccc(-c2cc(-c3ccc4c(c3)C3(c5ccccc5-c5ccccc5-4)c4ccccc4-c4ccccc43)nc(-c3cccc4c3oc3ccccc34)n2)cc1. The molecule has 10 aromatic rings. The van der Waals surface area contributed by atoms with Crippen molar-refractivity contribution in [1.29, 1.82) is 0 Å². The lowest BCUT2D eigenvalue weighted by atomic mass is 9.65. The van der Waals surface area contributed by atoms with Gasteiger partial charge in [-0.25, -0.2) is 9.97 Å². The van der Waals surface area contributed by atoms with Crippen LogP contribution >= 0.6 is 0 Å². The second-order valence-corrected chi connectivity index (χ2v) is 14.8. The zero-order valence-electron chi connectivity index (χ0n) is 30.3. The molecule has 0 amide bonds. The summed E-state index contributed by atoms with van der Waals surface area (Å²) in [5, 5.41) is 2.13. The molecule has 0 atom stereocenters. The number of rotatable bonds is 3. The average Bonchev–Trinajstić information content (AvgIpc) is 3.77. The van der Waals surface area contributed by atoms with Crippen LogP contribution in [0.3, 0.4) is 0 Å². The van der Waals surface area contributed by atoms with Gasteiger partial charge >= 0.3 is 0 Å².